The van der Waals surface area contributed by atoms with Gasteiger partial charge in [-0.2, -0.15) is 0 Å². The average molecular weight is 334 g/mol. The summed E-state index contributed by atoms with van der Waals surface area (Å²) in [6.07, 6.45) is 4.62. The van der Waals surface area contributed by atoms with Gasteiger partial charge in [-0.1, -0.05) is 38.8 Å². The lowest BCUT2D eigenvalue weighted by atomic mass is 9.76. The summed E-state index contributed by atoms with van der Waals surface area (Å²) in [6.45, 7) is 4.48. The molecule has 0 bridgehead atoms. The highest BCUT2D eigenvalue weighted by Crippen LogP contribution is 2.38. The van der Waals surface area contributed by atoms with Crippen molar-refractivity contribution in [3.05, 3.63) is 39.9 Å². The van der Waals surface area contributed by atoms with Gasteiger partial charge in [0.1, 0.15) is 5.54 Å². The molecule has 0 saturated heterocycles. The van der Waals surface area contributed by atoms with E-state index in [1.54, 1.807) is 12.1 Å². The van der Waals surface area contributed by atoms with Crippen molar-refractivity contribution in [2.75, 3.05) is 0 Å². The standard InChI is InChI=1S/C18H26N2O4/c1-13(2)11-18(17(21)22,15-5-3-4-6-15)19-12-14-7-9-16(10-8-14)20(23)24/h7-10,13,15,19H,3-6,11-12H2,1-2H3,(H,21,22)/t18-/m0/s1. The molecule has 2 N–H and O–H groups in total. The number of rotatable bonds is 8. The van der Waals surface area contributed by atoms with E-state index < -0.39 is 16.4 Å². The van der Waals surface area contributed by atoms with Gasteiger partial charge >= 0.3 is 5.97 Å². The topological polar surface area (TPSA) is 92.5 Å². The number of benzene rings is 1. The fourth-order valence-corrected chi connectivity index (χ4v) is 3.78. The zero-order valence-corrected chi connectivity index (χ0v) is 14.3. The van der Waals surface area contributed by atoms with E-state index in [4.69, 9.17) is 0 Å². The maximum absolute atomic E-state index is 12.2. The summed E-state index contributed by atoms with van der Waals surface area (Å²) in [7, 11) is 0. The fraction of sp³-hybridized carbons (Fsp3) is 0.611. The first-order valence-electron chi connectivity index (χ1n) is 8.57. The molecule has 0 radical (unpaired) electrons. The van der Waals surface area contributed by atoms with Crippen LogP contribution in [0.4, 0.5) is 5.69 Å². The summed E-state index contributed by atoms with van der Waals surface area (Å²) in [4.78, 5) is 22.4. The number of hydrogen-bond donors (Lipinski definition) is 2. The lowest BCUT2D eigenvalue weighted by molar-refractivity contribution is -0.384. The van der Waals surface area contributed by atoms with Crippen LogP contribution >= 0.6 is 0 Å². The minimum Gasteiger partial charge on any atom is -0.480 e. The van der Waals surface area contributed by atoms with Gasteiger partial charge in [0.25, 0.3) is 5.69 Å². The zero-order valence-electron chi connectivity index (χ0n) is 14.3. The number of nitro groups is 1. The number of non-ortho nitro benzene ring substituents is 1. The predicted molar refractivity (Wildman–Crippen MR) is 91.7 cm³/mol. The summed E-state index contributed by atoms with van der Waals surface area (Å²) in [5.74, 6) is -0.383. The Labute approximate surface area is 142 Å². The van der Waals surface area contributed by atoms with Gasteiger partial charge < -0.3 is 5.11 Å². The molecule has 1 atom stereocenters. The molecule has 0 spiro atoms. The molecule has 6 heteroatoms. The summed E-state index contributed by atoms with van der Waals surface area (Å²) in [5.41, 5.74) is -0.0268. The summed E-state index contributed by atoms with van der Waals surface area (Å²) < 4.78 is 0. The lowest BCUT2D eigenvalue weighted by Gasteiger charge is -2.38. The van der Waals surface area contributed by atoms with Gasteiger partial charge in [0.2, 0.25) is 0 Å². The number of nitro benzene ring substituents is 1. The average Bonchev–Trinajstić information content (AvgIpc) is 3.06. The van der Waals surface area contributed by atoms with E-state index in [0.29, 0.717) is 13.0 Å². The highest BCUT2D eigenvalue weighted by molar-refractivity contribution is 5.79. The Morgan fingerprint density at radius 2 is 1.92 bits per heavy atom. The van der Waals surface area contributed by atoms with Crippen molar-refractivity contribution in [2.24, 2.45) is 11.8 Å². The molecule has 1 aromatic carbocycles. The van der Waals surface area contributed by atoms with Crippen LogP contribution in [0.25, 0.3) is 0 Å². The molecule has 0 aliphatic heterocycles. The predicted octanol–water partition coefficient (Wildman–Crippen LogP) is 3.74. The van der Waals surface area contributed by atoms with Crippen LogP contribution in [0.5, 0.6) is 0 Å². The minimum absolute atomic E-state index is 0.0428. The SMILES string of the molecule is CC(C)C[C@@](NCc1ccc([N+](=O)[O-])cc1)(C(=O)O)C1CCCC1. The van der Waals surface area contributed by atoms with Crippen LogP contribution in [0.2, 0.25) is 0 Å². The molecule has 0 aromatic heterocycles. The van der Waals surface area contributed by atoms with Crippen molar-refractivity contribution in [3.63, 3.8) is 0 Å². The van der Waals surface area contributed by atoms with Gasteiger partial charge in [0.05, 0.1) is 4.92 Å². The van der Waals surface area contributed by atoms with Crippen LogP contribution in [-0.2, 0) is 11.3 Å². The number of hydrogen-bond acceptors (Lipinski definition) is 4. The maximum atomic E-state index is 12.2. The fourth-order valence-electron chi connectivity index (χ4n) is 3.78. The second-order valence-electron chi connectivity index (χ2n) is 7.13. The smallest absolute Gasteiger partial charge is 0.324 e. The quantitative estimate of drug-likeness (QED) is 0.558. The molecule has 1 fully saturated rings. The third kappa shape index (κ3) is 4.12. The van der Waals surface area contributed by atoms with Crippen LogP contribution in [-0.4, -0.2) is 21.5 Å². The Morgan fingerprint density at radius 3 is 2.38 bits per heavy atom. The van der Waals surface area contributed by atoms with Crippen LogP contribution in [0.3, 0.4) is 0 Å². The minimum atomic E-state index is -0.924. The van der Waals surface area contributed by atoms with Gasteiger partial charge in [-0.05, 0) is 36.7 Å². The third-order valence-corrected chi connectivity index (χ3v) is 4.92. The molecule has 0 amide bonds. The van der Waals surface area contributed by atoms with Gasteiger partial charge in [-0.3, -0.25) is 20.2 Å². The number of nitrogens with zero attached hydrogens (tertiary/aromatic N) is 1. The normalized spacial score (nSPS) is 17.8. The van der Waals surface area contributed by atoms with Gasteiger partial charge in [-0.25, -0.2) is 0 Å². The van der Waals surface area contributed by atoms with Gasteiger partial charge in [0, 0.05) is 18.7 Å². The first-order chi connectivity index (χ1) is 11.3. The molecule has 1 aliphatic rings. The molecule has 1 aromatic rings. The monoisotopic (exact) mass is 334 g/mol. The maximum Gasteiger partial charge on any atom is 0.324 e. The molecular formula is C18H26N2O4. The first kappa shape index (κ1) is 18.4. The molecule has 6 nitrogen and oxygen atoms in total. The molecule has 1 saturated carbocycles. The Kier molecular flexibility index (Phi) is 5.94. The van der Waals surface area contributed by atoms with E-state index in [1.807, 2.05) is 13.8 Å². The van der Waals surface area contributed by atoms with E-state index in [0.717, 1.165) is 31.2 Å². The van der Waals surface area contributed by atoms with Gasteiger partial charge in [-0.15, -0.1) is 0 Å². The van der Waals surface area contributed by atoms with Crippen LogP contribution in [0.15, 0.2) is 24.3 Å². The number of aliphatic carboxylic acids is 1. The van der Waals surface area contributed by atoms with Crippen LogP contribution in [0, 0.1) is 22.0 Å². The molecule has 24 heavy (non-hydrogen) atoms. The number of nitrogens with one attached hydrogen (secondary N) is 1. The molecule has 0 unspecified atom stereocenters. The highest BCUT2D eigenvalue weighted by atomic mass is 16.6. The Hall–Kier alpha value is -1.95. The van der Waals surface area contributed by atoms with Crippen molar-refractivity contribution in [3.8, 4) is 0 Å². The number of carboxylic acid groups (broad SMARTS) is 1. The van der Waals surface area contributed by atoms with Crippen molar-refractivity contribution >= 4 is 11.7 Å². The van der Waals surface area contributed by atoms with Crippen LogP contribution < -0.4 is 5.32 Å². The number of carbonyl (C=O) groups is 1. The highest BCUT2D eigenvalue weighted by Gasteiger charge is 2.46. The van der Waals surface area contributed by atoms with E-state index >= 15 is 0 Å². The lowest BCUT2D eigenvalue weighted by Crippen LogP contribution is -2.57. The molecule has 1 aliphatic carbocycles. The summed E-state index contributed by atoms with van der Waals surface area (Å²) in [6, 6.07) is 6.28. The molecule has 2 rings (SSSR count). The van der Waals surface area contributed by atoms with E-state index in [1.165, 1.54) is 12.1 Å². The Balaban J connectivity index is 2.17. The van der Waals surface area contributed by atoms with E-state index in [-0.39, 0.29) is 17.5 Å². The Bertz CT molecular complexity index is 579. The second-order valence-corrected chi connectivity index (χ2v) is 7.13. The van der Waals surface area contributed by atoms with Crippen molar-refractivity contribution < 1.29 is 14.8 Å². The third-order valence-electron chi connectivity index (χ3n) is 4.92. The molecule has 0 heterocycles. The van der Waals surface area contributed by atoms with Crippen molar-refractivity contribution in [1.29, 1.82) is 0 Å². The van der Waals surface area contributed by atoms with E-state index in [9.17, 15) is 20.0 Å². The Morgan fingerprint density at radius 1 is 1.33 bits per heavy atom. The summed E-state index contributed by atoms with van der Waals surface area (Å²) >= 11 is 0. The summed E-state index contributed by atoms with van der Waals surface area (Å²) in [5, 5.41) is 24.0. The van der Waals surface area contributed by atoms with Crippen LogP contribution in [0.1, 0.15) is 51.5 Å². The zero-order chi connectivity index (χ0) is 17.7. The van der Waals surface area contributed by atoms with Gasteiger partial charge in [0.15, 0.2) is 0 Å². The largest absolute Gasteiger partial charge is 0.480 e. The van der Waals surface area contributed by atoms with Crippen molar-refractivity contribution in [2.45, 2.75) is 58.0 Å². The molecular weight excluding hydrogens is 308 g/mol. The second kappa shape index (κ2) is 7.75. The first-order valence-corrected chi connectivity index (χ1v) is 8.57. The number of carboxylic acids is 1. The van der Waals surface area contributed by atoms with E-state index in [2.05, 4.69) is 5.32 Å². The van der Waals surface area contributed by atoms with Crippen molar-refractivity contribution in [1.82, 2.24) is 5.32 Å². The molecule has 132 valence electrons.